The minimum absolute atomic E-state index is 0.362. The van der Waals surface area contributed by atoms with Crippen molar-refractivity contribution in [1.29, 1.82) is 0 Å². The lowest BCUT2D eigenvalue weighted by molar-refractivity contribution is 0.0350. The van der Waals surface area contributed by atoms with Crippen LogP contribution in [-0.4, -0.2) is 33.8 Å². The molecule has 0 saturated carbocycles. The van der Waals surface area contributed by atoms with Crippen LogP contribution in [0.15, 0.2) is 30.3 Å². The molecule has 0 aliphatic carbocycles. The van der Waals surface area contributed by atoms with Crippen molar-refractivity contribution in [2.24, 2.45) is 5.73 Å². The highest BCUT2D eigenvalue weighted by Gasteiger charge is 2.29. The first-order chi connectivity index (χ1) is 9.96. The number of anilines is 1. The molecule has 1 fully saturated rings. The van der Waals surface area contributed by atoms with Crippen LogP contribution in [0.4, 0.5) is 5.82 Å². The van der Waals surface area contributed by atoms with Crippen LogP contribution in [0.1, 0.15) is 25.3 Å². The van der Waals surface area contributed by atoms with Crippen molar-refractivity contribution in [3.63, 3.8) is 0 Å². The molecule has 1 aliphatic heterocycles. The number of hydrogen-bond donors (Lipinski definition) is 2. The average Bonchev–Trinajstić information content (AvgIpc) is 2.46. The summed E-state index contributed by atoms with van der Waals surface area (Å²) in [6.45, 7) is 3.40. The number of para-hydroxylation sites is 1. The highest BCUT2D eigenvalue weighted by molar-refractivity contribution is 7.80. The second-order valence-electron chi connectivity index (χ2n) is 5.90. The van der Waals surface area contributed by atoms with Gasteiger partial charge in [0.25, 0.3) is 0 Å². The normalized spacial score (nSPS) is 17.9. The summed E-state index contributed by atoms with van der Waals surface area (Å²) in [7, 11) is 0. The molecule has 0 atom stereocenters. The summed E-state index contributed by atoms with van der Waals surface area (Å²) >= 11 is 5.19. The molecule has 0 unspecified atom stereocenters. The Labute approximate surface area is 129 Å². The predicted molar refractivity (Wildman–Crippen MR) is 89.7 cm³/mol. The zero-order valence-electron chi connectivity index (χ0n) is 12.0. The van der Waals surface area contributed by atoms with Crippen LogP contribution in [0, 0.1) is 0 Å². The number of benzene rings is 1. The summed E-state index contributed by atoms with van der Waals surface area (Å²) in [5.74, 6) is 0.830. The Morgan fingerprint density at radius 3 is 2.67 bits per heavy atom. The number of thiocarbonyl (C=S) groups is 1. The first-order valence-corrected chi connectivity index (χ1v) is 7.54. The largest absolute Gasteiger partial charge is 0.390 e. The molecule has 21 heavy (non-hydrogen) atoms. The molecule has 1 saturated heterocycles. The van der Waals surface area contributed by atoms with E-state index in [1.807, 2.05) is 37.3 Å². The third-order valence-electron chi connectivity index (χ3n) is 4.11. The molecule has 1 aliphatic rings. The van der Waals surface area contributed by atoms with Gasteiger partial charge in [-0.05, 0) is 31.9 Å². The first kappa shape index (κ1) is 14.2. The molecule has 2 aromatic rings. The minimum Gasteiger partial charge on any atom is -0.390 e. The van der Waals surface area contributed by atoms with Crippen LogP contribution in [-0.2, 0) is 0 Å². The van der Waals surface area contributed by atoms with Gasteiger partial charge >= 0.3 is 0 Å². The van der Waals surface area contributed by atoms with Crippen molar-refractivity contribution in [2.45, 2.75) is 25.4 Å². The summed E-state index contributed by atoms with van der Waals surface area (Å²) in [6, 6.07) is 9.95. The van der Waals surface area contributed by atoms with Gasteiger partial charge in [0.2, 0.25) is 0 Å². The van der Waals surface area contributed by atoms with E-state index in [9.17, 15) is 5.11 Å². The van der Waals surface area contributed by atoms with Crippen LogP contribution in [0.2, 0.25) is 0 Å². The molecule has 3 rings (SSSR count). The van der Waals surface area contributed by atoms with E-state index in [1.165, 1.54) is 0 Å². The van der Waals surface area contributed by atoms with E-state index in [0.717, 1.165) is 48.2 Å². The second kappa shape index (κ2) is 5.24. The van der Waals surface area contributed by atoms with Crippen LogP contribution < -0.4 is 10.6 Å². The van der Waals surface area contributed by atoms with E-state index in [4.69, 9.17) is 22.9 Å². The monoisotopic (exact) mass is 301 g/mol. The topological polar surface area (TPSA) is 62.4 Å². The predicted octanol–water partition coefficient (Wildman–Crippen LogP) is 2.22. The third-order valence-corrected chi connectivity index (χ3v) is 4.33. The number of nitrogens with two attached hydrogens (primary N) is 1. The molecule has 0 spiro atoms. The SMILES string of the molecule is CC1(O)CCN(c2nc3ccccc3cc2C(N)=S)CC1. The maximum absolute atomic E-state index is 10.1. The smallest absolute Gasteiger partial charge is 0.139 e. The Morgan fingerprint density at radius 2 is 2.00 bits per heavy atom. The average molecular weight is 301 g/mol. The van der Waals surface area contributed by atoms with Crippen molar-refractivity contribution in [1.82, 2.24) is 4.98 Å². The lowest BCUT2D eigenvalue weighted by Gasteiger charge is -2.37. The number of rotatable bonds is 2. The summed E-state index contributed by atoms with van der Waals surface area (Å²) in [5, 5.41) is 11.1. The number of piperidine rings is 1. The Balaban J connectivity index is 2.04. The lowest BCUT2D eigenvalue weighted by atomic mass is 9.93. The van der Waals surface area contributed by atoms with Crippen molar-refractivity contribution < 1.29 is 5.11 Å². The number of nitrogens with zero attached hydrogens (tertiary/aromatic N) is 2. The number of pyridine rings is 1. The van der Waals surface area contributed by atoms with E-state index >= 15 is 0 Å². The second-order valence-corrected chi connectivity index (χ2v) is 6.34. The Kier molecular flexibility index (Phi) is 3.55. The first-order valence-electron chi connectivity index (χ1n) is 7.13. The Morgan fingerprint density at radius 1 is 1.33 bits per heavy atom. The van der Waals surface area contributed by atoms with Gasteiger partial charge in [-0.2, -0.15) is 0 Å². The fourth-order valence-electron chi connectivity index (χ4n) is 2.73. The highest BCUT2D eigenvalue weighted by atomic mass is 32.1. The van der Waals surface area contributed by atoms with Crippen molar-refractivity contribution >= 4 is 33.9 Å². The molecular formula is C16H19N3OS. The molecule has 3 N–H and O–H groups in total. The number of aromatic nitrogens is 1. The van der Waals surface area contributed by atoms with Crippen LogP contribution in [0.3, 0.4) is 0 Å². The van der Waals surface area contributed by atoms with E-state index in [1.54, 1.807) is 0 Å². The van der Waals surface area contributed by atoms with Crippen molar-refractivity contribution in [3.8, 4) is 0 Å². The van der Waals surface area contributed by atoms with Crippen LogP contribution in [0.5, 0.6) is 0 Å². The maximum Gasteiger partial charge on any atom is 0.139 e. The van der Waals surface area contributed by atoms with Crippen molar-refractivity contribution in [3.05, 3.63) is 35.9 Å². The molecule has 5 heteroatoms. The number of hydrogen-bond acceptors (Lipinski definition) is 4. The van der Waals surface area contributed by atoms with E-state index < -0.39 is 5.60 Å². The quantitative estimate of drug-likeness (QED) is 0.833. The summed E-state index contributed by atoms with van der Waals surface area (Å²) in [6.07, 6.45) is 1.44. The van der Waals surface area contributed by atoms with Gasteiger partial charge < -0.3 is 15.7 Å². The van der Waals surface area contributed by atoms with Crippen LogP contribution in [0.25, 0.3) is 10.9 Å². The van der Waals surface area contributed by atoms with Gasteiger partial charge in [-0.15, -0.1) is 0 Å². The molecule has 0 bridgehead atoms. The standard InChI is InChI=1S/C16H19N3OS/c1-16(20)6-8-19(9-7-16)15-12(14(17)21)10-11-4-2-3-5-13(11)18-15/h2-5,10,20H,6-9H2,1H3,(H2,17,21). The van der Waals surface area contributed by atoms with E-state index in [0.29, 0.717) is 4.99 Å². The van der Waals surface area contributed by atoms with Crippen molar-refractivity contribution in [2.75, 3.05) is 18.0 Å². The molecule has 0 radical (unpaired) electrons. The van der Waals surface area contributed by atoms with Gasteiger partial charge in [0.05, 0.1) is 16.7 Å². The molecule has 2 heterocycles. The van der Waals surface area contributed by atoms with Gasteiger partial charge in [0, 0.05) is 18.5 Å². The zero-order chi connectivity index (χ0) is 15.0. The van der Waals surface area contributed by atoms with Gasteiger partial charge in [-0.3, -0.25) is 0 Å². The molecular weight excluding hydrogens is 282 g/mol. The van der Waals surface area contributed by atoms with E-state index in [2.05, 4.69) is 4.90 Å². The fourth-order valence-corrected chi connectivity index (χ4v) is 2.88. The maximum atomic E-state index is 10.1. The minimum atomic E-state index is -0.587. The Hall–Kier alpha value is -1.72. The van der Waals surface area contributed by atoms with Gasteiger partial charge in [0.15, 0.2) is 0 Å². The van der Waals surface area contributed by atoms with Crippen LogP contribution >= 0.6 is 12.2 Å². The molecule has 1 aromatic carbocycles. The highest BCUT2D eigenvalue weighted by Crippen LogP contribution is 2.29. The molecule has 4 nitrogen and oxygen atoms in total. The lowest BCUT2D eigenvalue weighted by Crippen LogP contribution is -2.43. The fraction of sp³-hybridized carbons (Fsp3) is 0.375. The number of fused-ring (bicyclic) bond motifs is 1. The van der Waals surface area contributed by atoms with E-state index in [-0.39, 0.29) is 0 Å². The zero-order valence-corrected chi connectivity index (χ0v) is 12.9. The summed E-state index contributed by atoms with van der Waals surface area (Å²) in [4.78, 5) is 7.27. The van der Waals surface area contributed by atoms with Gasteiger partial charge in [-0.25, -0.2) is 4.98 Å². The number of aliphatic hydroxyl groups is 1. The summed E-state index contributed by atoms with van der Waals surface area (Å²) < 4.78 is 0. The van der Waals surface area contributed by atoms with Gasteiger partial charge in [-0.1, -0.05) is 30.4 Å². The Bertz CT molecular complexity index is 689. The summed E-state index contributed by atoms with van der Waals surface area (Å²) in [5.41, 5.74) is 7.04. The molecule has 110 valence electrons. The third kappa shape index (κ3) is 2.84. The van der Waals surface area contributed by atoms with Gasteiger partial charge in [0.1, 0.15) is 10.8 Å². The molecule has 0 amide bonds. The molecule has 1 aromatic heterocycles.